The van der Waals surface area contributed by atoms with Gasteiger partial charge in [-0.25, -0.2) is 4.98 Å². The molecule has 8 nitrogen and oxygen atoms in total. The predicted molar refractivity (Wildman–Crippen MR) is 113 cm³/mol. The van der Waals surface area contributed by atoms with Crippen LogP contribution in [0.3, 0.4) is 0 Å². The number of carbonyl (C=O) groups excluding carboxylic acids is 1. The number of H-pyrrole nitrogens is 1. The van der Waals surface area contributed by atoms with Crippen LogP contribution in [0.2, 0.25) is 0 Å². The zero-order valence-corrected chi connectivity index (χ0v) is 16.5. The van der Waals surface area contributed by atoms with Gasteiger partial charge in [-0.15, -0.1) is 0 Å². The van der Waals surface area contributed by atoms with Crippen molar-refractivity contribution in [2.24, 2.45) is 0 Å². The molecule has 29 heavy (non-hydrogen) atoms. The van der Waals surface area contributed by atoms with E-state index in [4.69, 9.17) is 14.9 Å². The molecule has 2 aromatic heterocycles. The molecular weight excluding hydrogens is 392 g/mol. The summed E-state index contributed by atoms with van der Waals surface area (Å²) in [5.41, 5.74) is 7.11. The fraction of sp³-hybridized carbons (Fsp3) is 0.150. The van der Waals surface area contributed by atoms with Crippen LogP contribution in [0, 0.1) is 0 Å². The van der Waals surface area contributed by atoms with Gasteiger partial charge >= 0.3 is 0 Å². The first-order valence-corrected chi connectivity index (χ1v) is 9.66. The van der Waals surface area contributed by atoms with Crippen LogP contribution in [0.1, 0.15) is 6.92 Å². The molecule has 0 spiro atoms. The van der Waals surface area contributed by atoms with Crippen LogP contribution >= 0.6 is 11.8 Å². The van der Waals surface area contributed by atoms with Crippen molar-refractivity contribution >= 4 is 51.1 Å². The predicted octanol–water partition coefficient (Wildman–Crippen LogP) is 3.38. The summed E-state index contributed by atoms with van der Waals surface area (Å²) < 4.78 is 11.3. The molecule has 4 N–H and O–H groups in total. The molecule has 2 heterocycles. The fourth-order valence-electron chi connectivity index (χ4n) is 2.98. The number of aromatic nitrogens is 2. The van der Waals surface area contributed by atoms with Gasteiger partial charge in [-0.05, 0) is 19.1 Å². The number of aromatic amines is 1. The molecule has 0 saturated carbocycles. The summed E-state index contributed by atoms with van der Waals surface area (Å²) in [6, 6.07) is 12.5. The number of hydrogen-bond acceptors (Lipinski definition) is 7. The van der Waals surface area contributed by atoms with Crippen molar-refractivity contribution in [2.75, 3.05) is 18.2 Å². The monoisotopic (exact) mass is 410 g/mol. The third kappa shape index (κ3) is 3.77. The average Bonchev–Trinajstić information content (AvgIpc) is 3.03. The van der Waals surface area contributed by atoms with E-state index in [2.05, 4.69) is 15.3 Å². The van der Waals surface area contributed by atoms with Gasteiger partial charge in [-0.2, -0.15) is 0 Å². The zero-order chi connectivity index (χ0) is 20.5. The highest BCUT2D eigenvalue weighted by molar-refractivity contribution is 8.00. The Labute approximate surface area is 169 Å². The lowest BCUT2D eigenvalue weighted by molar-refractivity contribution is -0.115. The first-order chi connectivity index (χ1) is 13.9. The molecule has 2 aromatic carbocycles. The highest BCUT2D eigenvalue weighted by atomic mass is 32.2. The largest absolute Gasteiger partial charge is 0.495 e. The van der Waals surface area contributed by atoms with E-state index in [0.29, 0.717) is 17.0 Å². The van der Waals surface area contributed by atoms with E-state index < -0.39 is 5.25 Å². The van der Waals surface area contributed by atoms with Crippen LogP contribution in [0.5, 0.6) is 5.75 Å². The Morgan fingerprint density at radius 2 is 2.03 bits per heavy atom. The maximum atomic E-state index is 12.7. The van der Waals surface area contributed by atoms with Crippen LogP contribution in [0.4, 0.5) is 11.5 Å². The number of hydrogen-bond donors (Lipinski definition) is 3. The van der Waals surface area contributed by atoms with E-state index >= 15 is 0 Å². The van der Waals surface area contributed by atoms with E-state index in [1.807, 2.05) is 30.3 Å². The zero-order valence-electron chi connectivity index (χ0n) is 15.7. The Kier molecular flexibility index (Phi) is 4.89. The number of ether oxygens (including phenoxy) is 1. The van der Waals surface area contributed by atoms with Crippen molar-refractivity contribution in [2.45, 2.75) is 17.3 Å². The molecule has 1 atom stereocenters. The quantitative estimate of drug-likeness (QED) is 0.340. The van der Waals surface area contributed by atoms with Crippen LogP contribution in [0.25, 0.3) is 21.9 Å². The Hall–Kier alpha value is -3.46. The van der Waals surface area contributed by atoms with Crippen LogP contribution in [-0.4, -0.2) is 28.2 Å². The number of nitrogen functional groups attached to an aromatic ring is 1. The number of nitrogens with two attached hydrogens (primary N) is 1. The Morgan fingerprint density at radius 3 is 2.79 bits per heavy atom. The molecule has 0 aliphatic rings. The lowest BCUT2D eigenvalue weighted by Gasteiger charge is -2.14. The molecule has 4 aromatic rings. The van der Waals surface area contributed by atoms with Crippen molar-refractivity contribution < 1.29 is 13.9 Å². The van der Waals surface area contributed by atoms with Crippen LogP contribution < -0.4 is 21.3 Å². The van der Waals surface area contributed by atoms with Gasteiger partial charge in [0.15, 0.2) is 5.16 Å². The van der Waals surface area contributed by atoms with Crippen molar-refractivity contribution in [3.8, 4) is 5.75 Å². The number of nitrogens with one attached hydrogen (secondary N) is 2. The van der Waals surface area contributed by atoms with E-state index in [-0.39, 0.29) is 22.4 Å². The molecule has 0 saturated heterocycles. The molecule has 4 rings (SSSR count). The number of nitrogens with zero attached hydrogens (tertiary/aromatic N) is 1. The summed E-state index contributed by atoms with van der Waals surface area (Å²) in [4.78, 5) is 30.8. The van der Waals surface area contributed by atoms with Gasteiger partial charge in [0.1, 0.15) is 22.7 Å². The minimum Gasteiger partial charge on any atom is -0.495 e. The average molecular weight is 410 g/mol. The second-order valence-corrected chi connectivity index (χ2v) is 7.70. The Balaban J connectivity index is 1.61. The Bertz CT molecular complexity index is 1280. The number of thioether (sulfide) groups is 1. The third-order valence-corrected chi connectivity index (χ3v) is 5.34. The SMILES string of the molecule is COc1cc2c(cc1NC(=O)C(C)Sc1nc(N)cc(=O)[nH]1)oc1ccccc12. The van der Waals surface area contributed by atoms with Crippen molar-refractivity contribution in [1.29, 1.82) is 0 Å². The number of para-hydroxylation sites is 1. The van der Waals surface area contributed by atoms with Crippen molar-refractivity contribution in [3.05, 3.63) is 52.8 Å². The highest BCUT2D eigenvalue weighted by Gasteiger charge is 2.19. The van der Waals surface area contributed by atoms with Crippen molar-refractivity contribution in [3.63, 3.8) is 0 Å². The molecule has 148 valence electrons. The Morgan fingerprint density at radius 1 is 1.24 bits per heavy atom. The minimum atomic E-state index is -0.545. The number of anilines is 2. The van der Waals surface area contributed by atoms with Crippen LogP contribution in [-0.2, 0) is 4.79 Å². The number of rotatable bonds is 5. The summed E-state index contributed by atoms with van der Waals surface area (Å²) in [5, 5.41) is 4.46. The van der Waals surface area contributed by atoms with E-state index in [0.717, 1.165) is 28.1 Å². The summed E-state index contributed by atoms with van der Waals surface area (Å²) in [7, 11) is 1.54. The number of methoxy groups -OCH3 is 1. The standard InChI is InChI=1S/C20H18N4O4S/c1-10(29-20-23-17(21)9-18(25)24-20)19(26)22-13-8-15-12(7-16(13)27-2)11-5-3-4-6-14(11)28-15/h3-10H,1-2H3,(H,22,26)(H3,21,23,24,25). The summed E-state index contributed by atoms with van der Waals surface area (Å²) in [6.07, 6.45) is 0. The number of furan rings is 1. The minimum absolute atomic E-state index is 0.0980. The molecule has 0 aliphatic carbocycles. The van der Waals surface area contributed by atoms with Crippen LogP contribution in [0.15, 0.2) is 56.8 Å². The summed E-state index contributed by atoms with van der Waals surface area (Å²) in [5.74, 6) is 0.333. The van der Waals surface area contributed by atoms with Gasteiger partial charge in [0.2, 0.25) is 5.91 Å². The molecule has 0 bridgehead atoms. The van der Waals surface area contributed by atoms with Gasteiger partial charge in [0.05, 0.1) is 18.0 Å². The van der Waals surface area contributed by atoms with Gasteiger partial charge in [0, 0.05) is 22.9 Å². The molecule has 0 radical (unpaired) electrons. The maximum absolute atomic E-state index is 12.7. The van der Waals surface area contributed by atoms with E-state index in [1.54, 1.807) is 20.1 Å². The van der Waals surface area contributed by atoms with Gasteiger partial charge in [0.25, 0.3) is 5.56 Å². The lowest BCUT2D eigenvalue weighted by atomic mass is 10.1. The van der Waals surface area contributed by atoms with Gasteiger partial charge in [-0.3, -0.25) is 9.59 Å². The second-order valence-electron chi connectivity index (χ2n) is 6.37. The fourth-order valence-corrected chi connectivity index (χ4v) is 3.80. The maximum Gasteiger partial charge on any atom is 0.253 e. The van der Waals surface area contributed by atoms with E-state index in [9.17, 15) is 9.59 Å². The van der Waals surface area contributed by atoms with E-state index in [1.165, 1.54) is 6.07 Å². The van der Waals surface area contributed by atoms with Gasteiger partial charge in [-0.1, -0.05) is 30.0 Å². The highest BCUT2D eigenvalue weighted by Crippen LogP contribution is 2.36. The molecule has 0 aliphatic heterocycles. The molecule has 9 heteroatoms. The first kappa shape index (κ1) is 18.9. The summed E-state index contributed by atoms with van der Waals surface area (Å²) in [6.45, 7) is 1.70. The normalized spacial score (nSPS) is 12.2. The number of benzene rings is 2. The first-order valence-electron chi connectivity index (χ1n) is 8.78. The smallest absolute Gasteiger partial charge is 0.253 e. The number of fused-ring (bicyclic) bond motifs is 3. The number of carbonyl (C=O) groups is 1. The summed E-state index contributed by atoms with van der Waals surface area (Å²) >= 11 is 1.10. The second kappa shape index (κ2) is 7.51. The lowest BCUT2D eigenvalue weighted by Crippen LogP contribution is -2.23. The molecular formula is C20H18N4O4S. The molecule has 0 fully saturated rings. The topological polar surface area (TPSA) is 123 Å². The molecule has 1 amide bonds. The molecule has 1 unspecified atom stereocenters. The van der Waals surface area contributed by atoms with Crippen molar-refractivity contribution in [1.82, 2.24) is 9.97 Å². The van der Waals surface area contributed by atoms with Gasteiger partial charge < -0.3 is 25.2 Å². The number of amides is 1. The third-order valence-electron chi connectivity index (χ3n) is 4.35.